The maximum absolute atomic E-state index is 10.4. The zero-order valence-corrected chi connectivity index (χ0v) is 7.52. The van der Waals surface area contributed by atoms with Gasteiger partial charge in [0.25, 0.3) is 0 Å². The van der Waals surface area contributed by atoms with Crippen LogP contribution in [0, 0.1) is 0 Å². The monoisotopic (exact) mass is 202 g/mol. The molecule has 1 N–H and O–H groups in total. The Bertz CT molecular complexity index is 318. The van der Waals surface area contributed by atoms with Gasteiger partial charge >= 0.3 is 5.97 Å². The molecule has 5 nitrogen and oxygen atoms in total. The van der Waals surface area contributed by atoms with Crippen molar-refractivity contribution in [3.8, 4) is 5.88 Å². The van der Waals surface area contributed by atoms with Crippen molar-refractivity contribution in [2.75, 3.05) is 0 Å². The molecule has 6 heteroatoms. The molecule has 0 aromatic carbocycles. The van der Waals surface area contributed by atoms with E-state index in [9.17, 15) is 4.79 Å². The van der Waals surface area contributed by atoms with Crippen molar-refractivity contribution in [1.29, 1.82) is 0 Å². The van der Waals surface area contributed by atoms with Crippen molar-refractivity contribution in [1.82, 2.24) is 9.97 Å². The van der Waals surface area contributed by atoms with E-state index in [4.69, 9.17) is 21.4 Å². The number of halogens is 1. The first-order valence-electron chi connectivity index (χ1n) is 3.46. The van der Waals surface area contributed by atoms with Crippen molar-refractivity contribution < 1.29 is 14.6 Å². The highest BCUT2D eigenvalue weighted by Crippen LogP contribution is 2.19. The molecule has 1 aromatic rings. The van der Waals surface area contributed by atoms with E-state index in [1.165, 1.54) is 19.4 Å². The maximum Gasteiger partial charge on any atom is 0.344 e. The first kappa shape index (κ1) is 9.73. The van der Waals surface area contributed by atoms with Gasteiger partial charge < -0.3 is 9.84 Å². The molecule has 0 saturated heterocycles. The third-order valence-electron chi connectivity index (χ3n) is 1.27. The number of hydrogen-bond donors (Lipinski definition) is 1. The van der Waals surface area contributed by atoms with Crippen molar-refractivity contribution in [2.45, 2.75) is 13.0 Å². The van der Waals surface area contributed by atoms with Crippen molar-refractivity contribution in [3.05, 3.63) is 17.5 Å². The Morgan fingerprint density at radius 3 is 3.00 bits per heavy atom. The molecule has 0 radical (unpaired) electrons. The highest BCUT2D eigenvalue weighted by Gasteiger charge is 2.14. The van der Waals surface area contributed by atoms with Gasteiger partial charge in [-0.1, -0.05) is 11.6 Å². The van der Waals surface area contributed by atoms with Crippen LogP contribution in [0.2, 0.25) is 5.02 Å². The molecule has 13 heavy (non-hydrogen) atoms. The molecule has 1 aromatic heterocycles. The number of rotatable bonds is 3. The molecule has 1 rings (SSSR count). The molecule has 0 bridgehead atoms. The lowest BCUT2D eigenvalue weighted by atomic mass is 10.4. The number of carboxylic acids is 1. The fourth-order valence-corrected chi connectivity index (χ4v) is 0.756. The molecule has 0 fully saturated rings. The van der Waals surface area contributed by atoms with E-state index in [1.54, 1.807) is 0 Å². The average Bonchev–Trinajstić information content (AvgIpc) is 2.08. The Hall–Kier alpha value is -1.36. The van der Waals surface area contributed by atoms with E-state index in [0.29, 0.717) is 0 Å². The topological polar surface area (TPSA) is 72.3 Å². The van der Waals surface area contributed by atoms with Crippen LogP contribution in [-0.2, 0) is 4.79 Å². The van der Waals surface area contributed by atoms with Crippen molar-refractivity contribution in [2.24, 2.45) is 0 Å². The van der Waals surface area contributed by atoms with Gasteiger partial charge in [-0.3, -0.25) is 0 Å². The average molecular weight is 203 g/mol. The second-order valence-corrected chi connectivity index (χ2v) is 2.68. The molecule has 0 aliphatic carbocycles. The number of carboxylic acid groups (broad SMARTS) is 1. The Kier molecular flexibility index (Phi) is 3.02. The summed E-state index contributed by atoms with van der Waals surface area (Å²) in [5, 5.41) is 8.71. The summed E-state index contributed by atoms with van der Waals surface area (Å²) in [5.74, 6) is -0.999. The van der Waals surface area contributed by atoms with Gasteiger partial charge in [-0.2, -0.15) is 0 Å². The minimum atomic E-state index is -1.07. The largest absolute Gasteiger partial charge is 0.479 e. The Morgan fingerprint density at radius 1 is 1.77 bits per heavy atom. The highest BCUT2D eigenvalue weighted by atomic mass is 35.5. The maximum atomic E-state index is 10.4. The van der Waals surface area contributed by atoms with Gasteiger partial charge in [0, 0.05) is 0 Å². The predicted octanol–water partition coefficient (Wildman–Crippen LogP) is 0.982. The number of ether oxygens (including phenoxy) is 1. The zero-order chi connectivity index (χ0) is 9.84. The van der Waals surface area contributed by atoms with Gasteiger partial charge in [0.2, 0.25) is 5.88 Å². The van der Waals surface area contributed by atoms with E-state index < -0.39 is 12.1 Å². The fraction of sp³-hybridized carbons (Fsp3) is 0.286. The number of nitrogens with zero attached hydrogens (tertiary/aromatic N) is 2. The van der Waals surface area contributed by atoms with E-state index in [1.807, 2.05) is 0 Å². The number of carbonyl (C=O) groups is 1. The van der Waals surface area contributed by atoms with Crippen LogP contribution in [0.4, 0.5) is 0 Å². The molecule has 1 atom stereocenters. The summed E-state index contributed by atoms with van der Waals surface area (Å²) in [4.78, 5) is 17.7. The van der Waals surface area contributed by atoms with Crippen LogP contribution in [0.15, 0.2) is 12.5 Å². The quantitative estimate of drug-likeness (QED) is 0.791. The Morgan fingerprint density at radius 2 is 2.46 bits per heavy atom. The fourth-order valence-electron chi connectivity index (χ4n) is 0.606. The summed E-state index contributed by atoms with van der Waals surface area (Å²) in [6.45, 7) is 1.39. The van der Waals surface area contributed by atoms with E-state index in [2.05, 4.69) is 9.97 Å². The first-order chi connectivity index (χ1) is 6.11. The van der Waals surface area contributed by atoms with E-state index in [0.717, 1.165) is 0 Å². The predicted molar refractivity (Wildman–Crippen MR) is 44.8 cm³/mol. The lowest BCUT2D eigenvalue weighted by molar-refractivity contribution is -0.144. The summed E-state index contributed by atoms with van der Waals surface area (Å²) < 4.78 is 4.92. The molecule has 0 spiro atoms. The van der Waals surface area contributed by atoms with Crippen LogP contribution in [0.25, 0.3) is 0 Å². The highest BCUT2D eigenvalue weighted by molar-refractivity contribution is 6.31. The summed E-state index contributed by atoms with van der Waals surface area (Å²) in [6, 6.07) is 0. The van der Waals surface area contributed by atoms with Crippen LogP contribution >= 0.6 is 11.6 Å². The molecule has 0 saturated carbocycles. The molecule has 0 amide bonds. The van der Waals surface area contributed by atoms with Gasteiger partial charge in [0.1, 0.15) is 11.3 Å². The Labute approximate surface area is 79.3 Å². The smallest absolute Gasteiger partial charge is 0.344 e. The third-order valence-corrected chi connectivity index (χ3v) is 1.53. The molecule has 1 heterocycles. The normalized spacial score (nSPS) is 12.2. The Balaban J connectivity index is 2.74. The number of hydrogen-bond acceptors (Lipinski definition) is 4. The van der Waals surface area contributed by atoms with Crippen molar-refractivity contribution in [3.63, 3.8) is 0 Å². The van der Waals surface area contributed by atoms with Crippen LogP contribution in [0.1, 0.15) is 6.92 Å². The minimum Gasteiger partial charge on any atom is -0.479 e. The SMILES string of the molecule is CC(Oc1ncncc1Cl)C(=O)O. The van der Waals surface area contributed by atoms with Gasteiger partial charge in [0.05, 0.1) is 6.20 Å². The third kappa shape index (κ3) is 2.55. The van der Waals surface area contributed by atoms with Crippen molar-refractivity contribution >= 4 is 17.6 Å². The van der Waals surface area contributed by atoms with Crippen LogP contribution in [-0.4, -0.2) is 27.1 Å². The standard InChI is InChI=1S/C7H7ClN2O3/c1-4(7(11)12)13-6-5(8)2-9-3-10-6/h2-4H,1H3,(H,11,12). The second-order valence-electron chi connectivity index (χ2n) is 2.27. The number of aromatic nitrogens is 2. The molecule has 0 aliphatic heterocycles. The summed E-state index contributed by atoms with van der Waals surface area (Å²) in [7, 11) is 0. The molecule has 1 unspecified atom stereocenters. The second kappa shape index (κ2) is 4.04. The van der Waals surface area contributed by atoms with Crippen LogP contribution in [0.3, 0.4) is 0 Å². The van der Waals surface area contributed by atoms with E-state index in [-0.39, 0.29) is 10.9 Å². The molecule has 0 aliphatic rings. The minimum absolute atomic E-state index is 0.0755. The van der Waals surface area contributed by atoms with Gasteiger partial charge in [0.15, 0.2) is 6.10 Å². The summed E-state index contributed by atoms with van der Waals surface area (Å²) >= 11 is 5.63. The van der Waals surface area contributed by atoms with Gasteiger partial charge in [-0.05, 0) is 6.92 Å². The van der Waals surface area contributed by atoms with Crippen LogP contribution < -0.4 is 4.74 Å². The lowest BCUT2D eigenvalue weighted by Gasteiger charge is -2.09. The molecular weight excluding hydrogens is 196 g/mol. The van der Waals surface area contributed by atoms with Gasteiger partial charge in [-0.25, -0.2) is 14.8 Å². The van der Waals surface area contributed by atoms with Gasteiger partial charge in [-0.15, -0.1) is 0 Å². The molecule has 70 valence electrons. The van der Waals surface area contributed by atoms with Crippen LogP contribution in [0.5, 0.6) is 5.88 Å². The number of aliphatic carboxylic acids is 1. The lowest BCUT2D eigenvalue weighted by Crippen LogP contribution is -2.23. The van der Waals surface area contributed by atoms with E-state index >= 15 is 0 Å². The molecular formula is C7H7ClN2O3. The zero-order valence-electron chi connectivity index (χ0n) is 6.77. The summed E-state index contributed by atoms with van der Waals surface area (Å²) in [5.41, 5.74) is 0. The summed E-state index contributed by atoms with van der Waals surface area (Å²) in [6.07, 6.45) is 1.58. The first-order valence-corrected chi connectivity index (χ1v) is 3.84.